The van der Waals surface area contributed by atoms with Crippen LogP contribution in [0.15, 0.2) is 16.8 Å². The van der Waals surface area contributed by atoms with E-state index in [2.05, 4.69) is 16.8 Å². The van der Waals surface area contributed by atoms with Gasteiger partial charge >= 0.3 is 0 Å². The van der Waals surface area contributed by atoms with E-state index in [-0.39, 0.29) is 11.0 Å². The molecule has 98 valence electrons. The van der Waals surface area contributed by atoms with E-state index in [1.54, 1.807) is 18.3 Å². The molecule has 1 aliphatic heterocycles. The molecule has 0 bridgehead atoms. The third kappa shape index (κ3) is 3.85. The molecule has 0 aromatic carbocycles. The van der Waals surface area contributed by atoms with Gasteiger partial charge in [-0.2, -0.15) is 11.3 Å². The van der Waals surface area contributed by atoms with E-state index >= 15 is 0 Å². The zero-order valence-electron chi connectivity index (χ0n) is 10.4. The molecule has 1 fully saturated rings. The zero-order chi connectivity index (χ0) is 13.0. The Morgan fingerprint density at radius 3 is 3.11 bits per heavy atom. The minimum Gasteiger partial charge on any atom is -0.342 e. The number of hydrogen-bond acceptors (Lipinski definition) is 4. The van der Waals surface area contributed by atoms with Gasteiger partial charge in [-0.05, 0) is 34.7 Å². The summed E-state index contributed by atoms with van der Waals surface area (Å²) in [5.74, 6) is 1.35. The first-order chi connectivity index (χ1) is 8.65. The molecular formula is C13H17NO2S2. The van der Waals surface area contributed by atoms with E-state index < -0.39 is 0 Å². The Bertz CT molecular complexity index is 417. The number of rotatable bonds is 5. The minimum atomic E-state index is 0.138. The van der Waals surface area contributed by atoms with E-state index in [1.165, 1.54) is 17.3 Å². The average Bonchev–Trinajstić information content (AvgIpc) is 2.93. The fourth-order valence-corrected chi connectivity index (χ4v) is 3.51. The highest BCUT2D eigenvalue weighted by molar-refractivity contribution is 8.13. The van der Waals surface area contributed by atoms with Crippen molar-refractivity contribution in [2.45, 2.75) is 19.8 Å². The number of thioether (sulfide) groups is 1. The smallest absolute Gasteiger partial charge is 0.222 e. The SMILES string of the molecule is CC(=O)SCC1CC(=O)N(CCc2ccsc2)C1. The summed E-state index contributed by atoms with van der Waals surface area (Å²) in [4.78, 5) is 24.7. The molecule has 1 atom stereocenters. The van der Waals surface area contributed by atoms with E-state index in [1.807, 2.05) is 4.90 Å². The fraction of sp³-hybridized carbons (Fsp3) is 0.538. The highest BCUT2D eigenvalue weighted by atomic mass is 32.2. The van der Waals surface area contributed by atoms with E-state index in [4.69, 9.17) is 0 Å². The van der Waals surface area contributed by atoms with E-state index in [0.29, 0.717) is 12.3 Å². The van der Waals surface area contributed by atoms with Crippen molar-refractivity contribution >= 4 is 34.1 Å². The van der Waals surface area contributed by atoms with Crippen molar-refractivity contribution in [1.29, 1.82) is 0 Å². The number of likely N-dealkylation sites (tertiary alicyclic amines) is 1. The molecular weight excluding hydrogens is 266 g/mol. The van der Waals surface area contributed by atoms with Gasteiger partial charge in [-0.15, -0.1) is 0 Å². The summed E-state index contributed by atoms with van der Waals surface area (Å²) in [6.45, 7) is 3.19. The van der Waals surface area contributed by atoms with Crippen LogP contribution in [0.4, 0.5) is 0 Å². The molecule has 1 unspecified atom stereocenters. The fourth-order valence-electron chi connectivity index (χ4n) is 2.12. The lowest BCUT2D eigenvalue weighted by atomic mass is 10.1. The standard InChI is InChI=1S/C13H17NO2S2/c1-10(15)18-9-12-6-13(16)14(7-12)4-2-11-3-5-17-8-11/h3,5,8,12H,2,4,6-7,9H2,1H3. The second-order valence-corrected chi connectivity index (χ2v) is 6.57. The molecule has 0 spiro atoms. The van der Waals surface area contributed by atoms with Gasteiger partial charge in [0.25, 0.3) is 0 Å². The van der Waals surface area contributed by atoms with Crippen molar-refractivity contribution in [2.75, 3.05) is 18.8 Å². The van der Waals surface area contributed by atoms with Gasteiger partial charge in [0.05, 0.1) is 0 Å². The molecule has 18 heavy (non-hydrogen) atoms. The molecule has 3 nitrogen and oxygen atoms in total. The number of thiophene rings is 1. The summed E-state index contributed by atoms with van der Waals surface area (Å²) in [5.41, 5.74) is 1.30. The van der Waals surface area contributed by atoms with Gasteiger partial charge in [0.1, 0.15) is 0 Å². The summed E-state index contributed by atoms with van der Waals surface area (Å²) in [6, 6.07) is 2.11. The van der Waals surface area contributed by atoms with Gasteiger partial charge in [0, 0.05) is 32.2 Å². The number of amides is 1. The van der Waals surface area contributed by atoms with Crippen molar-refractivity contribution in [3.8, 4) is 0 Å². The maximum Gasteiger partial charge on any atom is 0.222 e. The minimum absolute atomic E-state index is 0.138. The summed E-state index contributed by atoms with van der Waals surface area (Å²) < 4.78 is 0. The number of carbonyl (C=O) groups excluding carboxylic acids is 2. The number of nitrogens with zero attached hydrogens (tertiary/aromatic N) is 1. The molecule has 0 radical (unpaired) electrons. The first-order valence-corrected chi connectivity index (χ1v) is 8.00. The van der Waals surface area contributed by atoms with E-state index in [9.17, 15) is 9.59 Å². The Balaban J connectivity index is 1.76. The Kier molecular flexibility index (Phi) is 4.83. The molecule has 2 rings (SSSR count). The third-order valence-electron chi connectivity index (χ3n) is 3.07. The Morgan fingerprint density at radius 1 is 1.61 bits per heavy atom. The molecule has 1 aliphatic rings. The van der Waals surface area contributed by atoms with Gasteiger partial charge in [-0.25, -0.2) is 0 Å². The predicted octanol–water partition coefficient (Wildman–Crippen LogP) is 2.42. The van der Waals surface area contributed by atoms with Crippen LogP contribution in [-0.4, -0.2) is 34.8 Å². The van der Waals surface area contributed by atoms with Gasteiger partial charge in [0.2, 0.25) is 5.91 Å². The Morgan fingerprint density at radius 2 is 2.44 bits per heavy atom. The summed E-state index contributed by atoms with van der Waals surface area (Å²) >= 11 is 3.02. The van der Waals surface area contributed by atoms with Crippen molar-refractivity contribution < 1.29 is 9.59 Å². The van der Waals surface area contributed by atoms with E-state index in [0.717, 1.165) is 25.3 Å². The monoisotopic (exact) mass is 283 g/mol. The van der Waals surface area contributed by atoms with Crippen molar-refractivity contribution in [3.63, 3.8) is 0 Å². The van der Waals surface area contributed by atoms with Crippen LogP contribution in [0.25, 0.3) is 0 Å². The first kappa shape index (κ1) is 13.6. The Labute approximate surface area is 116 Å². The largest absolute Gasteiger partial charge is 0.342 e. The van der Waals surface area contributed by atoms with Crippen LogP contribution in [0.3, 0.4) is 0 Å². The van der Waals surface area contributed by atoms with Crippen molar-refractivity contribution in [2.24, 2.45) is 5.92 Å². The predicted molar refractivity (Wildman–Crippen MR) is 75.8 cm³/mol. The first-order valence-electron chi connectivity index (χ1n) is 6.07. The molecule has 0 saturated carbocycles. The lowest BCUT2D eigenvalue weighted by Crippen LogP contribution is -2.27. The van der Waals surface area contributed by atoms with Crippen molar-refractivity contribution in [1.82, 2.24) is 4.90 Å². The van der Waals surface area contributed by atoms with Crippen LogP contribution in [0, 0.1) is 5.92 Å². The maximum absolute atomic E-state index is 11.8. The van der Waals surface area contributed by atoms with Gasteiger partial charge < -0.3 is 4.90 Å². The summed E-state index contributed by atoms with van der Waals surface area (Å²) in [6.07, 6.45) is 1.53. The van der Waals surface area contributed by atoms with Gasteiger partial charge in [-0.1, -0.05) is 11.8 Å². The maximum atomic E-state index is 11.8. The quantitative estimate of drug-likeness (QED) is 0.833. The molecule has 1 aromatic rings. The lowest BCUT2D eigenvalue weighted by Gasteiger charge is -2.15. The molecule has 1 amide bonds. The highest BCUT2D eigenvalue weighted by Gasteiger charge is 2.29. The van der Waals surface area contributed by atoms with Crippen LogP contribution < -0.4 is 0 Å². The molecule has 2 heterocycles. The Hall–Kier alpha value is -0.810. The van der Waals surface area contributed by atoms with Gasteiger partial charge in [0.15, 0.2) is 5.12 Å². The van der Waals surface area contributed by atoms with Gasteiger partial charge in [-0.3, -0.25) is 9.59 Å². The highest BCUT2D eigenvalue weighted by Crippen LogP contribution is 2.22. The molecule has 5 heteroatoms. The molecule has 1 saturated heterocycles. The summed E-state index contributed by atoms with van der Waals surface area (Å²) in [7, 11) is 0. The topological polar surface area (TPSA) is 37.4 Å². The number of carbonyl (C=O) groups is 2. The average molecular weight is 283 g/mol. The summed E-state index contributed by atoms with van der Waals surface area (Å²) in [5, 5.41) is 4.33. The number of hydrogen-bond donors (Lipinski definition) is 0. The molecule has 0 N–H and O–H groups in total. The molecule has 0 aliphatic carbocycles. The van der Waals surface area contributed by atoms with Crippen molar-refractivity contribution in [3.05, 3.63) is 22.4 Å². The normalized spacial score (nSPS) is 19.5. The van der Waals surface area contributed by atoms with Crippen LogP contribution in [0.5, 0.6) is 0 Å². The second kappa shape index (κ2) is 6.38. The van der Waals surface area contributed by atoms with Crippen LogP contribution in [0.2, 0.25) is 0 Å². The van der Waals surface area contributed by atoms with Crippen LogP contribution >= 0.6 is 23.1 Å². The van der Waals surface area contributed by atoms with Crippen LogP contribution in [0.1, 0.15) is 18.9 Å². The van der Waals surface area contributed by atoms with Crippen LogP contribution in [-0.2, 0) is 16.0 Å². The lowest BCUT2D eigenvalue weighted by molar-refractivity contribution is -0.127. The third-order valence-corrected chi connectivity index (χ3v) is 4.84. The molecule has 1 aromatic heterocycles. The second-order valence-electron chi connectivity index (χ2n) is 4.59. The zero-order valence-corrected chi connectivity index (χ0v) is 12.1.